The summed E-state index contributed by atoms with van der Waals surface area (Å²) in [7, 11) is 0. The molecule has 0 radical (unpaired) electrons. The third kappa shape index (κ3) is 2.33. The number of aliphatic carboxylic acids is 1. The first kappa shape index (κ1) is 14.1. The lowest BCUT2D eigenvalue weighted by Gasteiger charge is -2.22. The molecule has 1 saturated carbocycles. The van der Waals surface area contributed by atoms with Crippen molar-refractivity contribution in [3.05, 3.63) is 35.4 Å². The van der Waals surface area contributed by atoms with Crippen LogP contribution in [0.1, 0.15) is 37.3 Å². The number of aryl methyl sites for hydroxylation is 1. The van der Waals surface area contributed by atoms with Crippen LogP contribution in [0.2, 0.25) is 0 Å². The van der Waals surface area contributed by atoms with Crippen molar-refractivity contribution in [1.82, 2.24) is 4.90 Å². The Hall–Kier alpha value is -1.84. The van der Waals surface area contributed by atoms with Gasteiger partial charge in [-0.1, -0.05) is 24.3 Å². The summed E-state index contributed by atoms with van der Waals surface area (Å²) < 4.78 is 0. The maximum atomic E-state index is 12.7. The molecule has 4 nitrogen and oxygen atoms in total. The lowest BCUT2D eigenvalue weighted by molar-refractivity contribution is -0.138. The number of carbonyl (C=O) groups excluding carboxylic acids is 1. The topological polar surface area (TPSA) is 57.6 Å². The fourth-order valence-electron chi connectivity index (χ4n) is 3.79. The van der Waals surface area contributed by atoms with Gasteiger partial charge in [-0.3, -0.25) is 9.59 Å². The van der Waals surface area contributed by atoms with Crippen LogP contribution in [0.15, 0.2) is 24.3 Å². The number of benzene rings is 1. The normalized spacial score (nSPS) is 25.7. The van der Waals surface area contributed by atoms with E-state index in [9.17, 15) is 9.59 Å². The largest absolute Gasteiger partial charge is 0.481 e. The second-order valence-corrected chi connectivity index (χ2v) is 6.13. The van der Waals surface area contributed by atoms with Gasteiger partial charge in [-0.2, -0.15) is 0 Å². The van der Waals surface area contributed by atoms with Crippen LogP contribution in [0.25, 0.3) is 0 Å². The number of fused-ring (bicyclic) bond motifs is 2. The van der Waals surface area contributed by atoms with Gasteiger partial charge in [-0.05, 0) is 37.3 Å². The first-order valence-electron chi connectivity index (χ1n) is 7.67. The highest BCUT2D eigenvalue weighted by molar-refractivity contribution is 5.85. The van der Waals surface area contributed by atoms with Gasteiger partial charge in [0.1, 0.15) is 0 Å². The van der Waals surface area contributed by atoms with E-state index in [1.165, 1.54) is 11.1 Å². The van der Waals surface area contributed by atoms with Gasteiger partial charge < -0.3 is 10.0 Å². The maximum Gasteiger partial charge on any atom is 0.305 e. The first-order valence-corrected chi connectivity index (χ1v) is 7.67. The van der Waals surface area contributed by atoms with Crippen molar-refractivity contribution in [3.63, 3.8) is 0 Å². The van der Waals surface area contributed by atoms with Crippen LogP contribution >= 0.6 is 0 Å². The summed E-state index contributed by atoms with van der Waals surface area (Å²) in [6.45, 7) is 2.82. The smallest absolute Gasteiger partial charge is 0.305 e. The van der Waals surface area contributed by atoms with Gasteiger partial charge in [0.2, 0.25) is 5.91 Å². The van der Waals surface area contributed by atoms with Crippen LogP contribution in [0.4, 0.5) is 0 Å². The lowest BCUT2D eigenvalue weighted by atomic mass is 9.95. The summed E-state index contributed by atoms with van der Waals surface area (Å²) in [5.41, 5.74) is 2.77. The molecule has 1 N–H and O–H groups in total. The zero-order valence-electron chi connectivity index (χ0n) is 12.3. The maximum absolute atomic E-state index is 12.7. The standard InChI is InChI=1S/C17H21NO3/c1-2-18(10-8-15(19)20)16(21)14-11-17(14)9-7-12-5-3-4-6-13(12)17/h3-6,14H,2,7-11H2,1H3,(H,19,20). The summed E-state index contributed by atoms with van der Waals surface area (Å²) >= 11 is 0. The van der Waals surface area contributed by atoms with Gasteiger partial charge >= 0.3 is 5.97 Å². The average molecular weight is 287 g/mol. The zero-order valence-corrected chi connectivity index (χ0v) is 12.3. The Bertz CT molecular complexity index is 583. The summed E-state index contributed by atoms with van der Waals surface area (Å²) in [4.78, 5) is 25.1. The molecule has 4 heteroatoms. The van der Waals surface area contributed by atoms with Crippen LogP contribution in [0, 0.1) is 5.92 Å². The molecule has 1 spiro atoms. The SMILES string of the molecule is CCN(CCC(=O)O)C(=O)C1CC12CCc1ccccc12. The molecule has 2 unspecified atom stereocenters. The Balaban J connectivity index is 1.72. The predicted molar refractivity (Wildman–Crippen MR) is 79.1 cm³/mol. The van der Waals surface area contributed by atoms with E-state index in [2.05, 4.69) is 18.2 Å². The van der Waals surface area contributed by atoms with Gasteiger partial charge in [0, 0.05) is 24.4 Å². The molecule has 0 heterocycles. The number of rotatable bonds is 5. The highest BCUT2D eigenvalue weighted by atomic mass is 16.4. The van der Waals surface area contributed by atoms with Crippen molar-refractivity contribution in [2.75, 3.05) is 13.1 Å². The molecule has 21 heavy (non-hydrogen) atoms. The summed E-state index contributed by atoms with van der Waals surface area (Å²) in [5.74, 6) is -0.664. The third-order valence-corrected chi connectivity index (χ3v) is 5.06. The van der Waals surface area contributed by atoms with Crippen molar-refractivity contribution in [3.8, 4) is 0 Å². The van der Waals surface area contributed by atoms with E-state index in [4.69, 9.17) is 5.11 Å². The second kappa shape index (κ2) is 5.17. The van der Waals surface area contributed by atoms with E-state index in [0.29, 0.717) is 13.1 Å². The van der Waals surface area contributed by atoms with Crippen LogP contribution < -0.4 is 0 Å². The molecule has 112 valence electrons. The summed E-state index contributed by atoms with van der Waals surface area (Å²) in [6.07, 6.45) is 3.06. The fourth-order valence-corrected chi connectivity index (χ4v) is 3.79. The molecule has 2 atom stereocenters. The molecule has 2 aliphatic carbocycles. The Morgan fingerprint density at radius 1 is 1.38 bits per heavy atom. The number of hydrogen-bond donors (Lipinski definition) is 1. The number of nitrogens with zero attached hydrogens (tertiary/aromatic N) is 1. The number of amides is 1. The molecule has 0 aliphatic heterocycles. The minimum absolute atomic E-state index is 0.0237. The minimum atomic E-state index is -0.849. The van der Waals surface area contributed by atoms with E-state index in [0.717, 1.165) is 19.3 Å². The van der Waals surface area contributed by atoms with Crippen molar-refractivity contribution in [2.45, 2.75) is 38.0 Å². The fraction of sp³-hybridized carbons (Fsp3) is 0.529. The van der Waals surface area contributed by atoms with E-state index >= 15 is 0 Å². The molecule has 3 rings (SSSR count). The third-order valence-electron chi connectivity index (χ3n) is 5.06. The molecule has 1 aromatic carbocycles. The Labute approximate surface area is 124 Å². The van der Waals surface area contributed by atoms with Crippen LogP contribution in [-0.2, 0) is 21.4 Å². The molecule has 2 aliphatic rings. The van der Waals surface area contributed by atoms with E-state index in [1.807, 2.05) is 13.0 Å². The van der Waals surface area contributed by atoms with Crippen molar-refractivity contribution < 1.29 is 14.7 Å². The molecule has 0 aromatic heterocycles. The number of carboxylic acids is 1. The average Bonchev–Trinajstić information content (AvgIpc) is 3.09. The van der Waals surface area contributed by atoms with E-state index < -0.39 is 5.97 Å². The van der Waals surface area contributed by atoms with Gasteiger partial charge in [0.15, 0.2) is 0 Å². The monoisotopic (exact) mass is 287 g/mol. The van der Waals surface area contributed by atoms with E-state index in [-0.39, 0.29) is 23.7 Å². The minimum Gasteiger partial charge on any atom is -0.481 e. The molecule has 1 amide bonds. The number of hydrogen-bond acceptors (Lipinski definition) is 2. The quantitative estimate of drug-likeness (QED) is 0.903. The molecular weight excluding hydrogens is 266 g/mol. The highest BCUT2D eigenvalue weighted by Gasteiger charge is 2.61. The van der Waals surface area contributed by atoms with E-state index in [1.54, 1.807) is 4.90 Å². The Kier molecular flexibility index (Phi) is 3.47. The van der Waals surface area contributed by atoms with Crippen LogP contribution in [0.5, 0.6) is 0 Å². The molecule has 1 fully saturated rings. The Morgan fingerprint density at radius 2 is 2.14 bits per heavy atom. The second-order valence-electron chi connectivity index (χ2n) is 6.13. The summed E-state index contributed by atoms with van der Waals surface area (Å²) in [5, 5.41) is 8.79. The lowest BCUT2D eigenvalue weighted by Crippen LogP contribution is -2.35. The number of carbonyl (C=O) groups is 2. The van der Waals surface area contributed by atoms with Crippen molar-refractivity contribution in [2.24, 2.45) is 5.92 Å². The first-order chi connectivity index (χ1) is 10.1. The van der Waals surface area contributed by atoms with Crippen LogP contribution in [0.3, 0.4) is 0 Å². The molecule has 1 aromatic rings. The van der Waals surface area contributed by atoms with Gasteiger partial charge in [0.05, 0.1) is 6.42 Å². The predicted octanol–water partition coefficient (Wildman–Crippen LogP) is 2.21. The van der Waals surface area contributed by atoms with Gasteiger partial charge in [-0.25, -0.2) is 0 Å². The number of carboxylic acid groups (broad SMARTS) is 1. The van der Waals surface area contributed by atoms with Crippen molar-refractivity contribution in [1.29, 1.82) is 0 Å². The zero-order chi connectivity index (χ0) is 15.0. The molecule has 0 bridgehead atoms. The highest BCUT2D eigenvalue weighted by Crippen LogP contribution is 2.61. The molecular formula is C17H21NO3. The van der Waals surface area contributed by atoms with Crippen LogP contribution in [-0.4, -0.2) is 35.0 Å². The molecule has 0 saturated heterocycles. The summed E-state index contributed by atoms with van der Waals surface area (Å²) in [6, 6.07) is 8.42. The van der Waals surface area contributed by atoms with Gasteiger partial charge in [0.25, 0.3) is 0 Å². The Morgan fingerprint density at radius 3 is 2.86 bits per heavy atom. The van der Waals surface area contributed by atoms with Gasteiger partial charge in [-0.15, -0.1) is 0 Å². The van der Waals surface area contributed by atoms with Crippen molar-refractivity contribution >= 4 is 11.9 Å².